The highest BCUT2D eigenvalue weighted by Gasteiger charge is 2.31. The van der Waals surface area contributed by atoms with Crippen LogP contribution >= 0.6 is 0 Å². The number of nitrogens with one attached hydrogen (secondary N) is 1. The van der Waals surface area contributed by atoms with E-state index >= 15 is 0 Å². The highest BCUT2D eigenvalue weighted by Crippen LogP contribution is 2.24. The van der Waals surface area contributed by atoms with Crippen LogP contribution in [0.1, 0.15) is 35.1 Å². The molecule has 0 radical (unpaired) electrons. The van der Waals surface area contributed by atoms with Crippen molar-refractivity contribution in [1.29, 1.82) is 0 Å². The van der Waals surface area contributed by atoms with Gasteiger partial charge in [-0.05, 0) is 50.8 Å². The Morgan fingerprint density at radius 3 is 2.36 bits per heavy atom. The average Bonchev–Trinajstić information content (AvgIpc) is 2.64. The predicted molar refractivity (Wildman–Crippen MR) is 113 cm³/mol. The summed E-state index contributed by atoms with van der Waals surface area (Å²) in [5.74, 6) is -0.178. The summed E-state index contributed by atoms with van der Waals surface area (Å²) in [5.41, 5.74) is 4.86. The molecular formula is C22H28N2O3S. The second-order valence-electron chi connectivity index (χ2n) is 7.73. The lowest BCUT2D eigenvalue weighted by Crippen LogP contribution is -2.41. The summed E-state index contributed by atoms with van der Waals surface area (Å²) in [6.07, 6.45) is 1.09. The second-order valence-corrected chi connectivity index (χ2v) is 9.70. The van der Waals surface area contributed by atoms with Crippen molar-refractivity contribution < 1.29 is 13.2 Å². The maximum absolute atomic E-state index is 12.7. The van der Waals surface area contributed by atoms with E-state index in [9.17, 15) is 13.2 Å². The van der Waals surface area contributed by atoms with Crippen molar-refractivity contribution >= 4 is 21.6 Å². The van der Waals surface area contributed by atoms with Crippen LogP contribution in [0.2, 0.25) is 0 Å². The molecule has 1 amide bonds. The Morgan fingerprint density at radius 1 is 1.04 bits per heavy atom. The van der Waals surface area contributed by atoms with E-state index in [1.807, 2.05) is 63.2 Å². The number of nitrogens with zero attached hydrogens (tertiary/aromatic N) is 1. The Morgan fingerprint density at radius 2 is 1.71 bits per heavy atom. The molecule has 28 heavy (non-hydrogen) atoms. The highest BCUT2D eigenvalue weighted by atomic mass is 32.2. The molecule has 150 valence electrons. The van der Waals surface area contributed by atoms with Crippen LogP contribution in [0.4, 0.5) is 5.69 Å². The fourth-order valence-electron chi connectivity index (χ4n) is 3.69. The monoisotopic (exact) mass is 400 g/mol. The fraction of sp³-hybridized carbons (Fsp3) is 0.409. The third-order valence-electron chi connectivity index (χ3n) is 5.29. The molecule has 6 heteroatoms. The van der Waals surface area contributed by atoms with Gasteiger partial charge in [0.05, 0.1) is 5.75 Å². The van der Waals surface area contributed by atoms with Gasteiger partial charge in [0.2, 0.25) is 15.9 Å². The van der Waals surface area contributed by atoms with Gasteiger partial charge < -0.3 is 5.32 Å². The number of aryl methyl sites for hydroxylation is 3. The van der Waals surface area contributed by atoms with E-state index in [-0.39, 0.29) is 17.6 Å². The van der Waals surface area contributed by atoms with Gasteiger partial charge in [-0.15, -0.1) is 0 Å². The standard InChI is InChI=1S/C22H28N2O3S/c1-16-5-4-6-19(14-16)15-28(26,27)24-11-9-20(10-12-24)22(25)23-21-8-7-17(2)13-18(21)3/h4-8,13-14,20H,9-12,15H2,1-3H3,(H,23,25). The van der Waals surface area contributed by atoms with Crippen molar-refractivity contribution in [2.75, 3.05) is 18.4 Å². The van der Waals surface area contributed by atoms with Gasteiger partial charge in [0.1, 0.15) is 0 Å². The lowest BCUT2D eigenvalue weighted by molar-refractivity contribution is -0.120. The number of amides is 1. The third-order valence-corrected chi connectivity index (χ3v) is 7.14. The molecule has 0 unspecified atom stereocenters. The van der Waals surface area contributed by atoms with E-state index in [4.69, 9.17) is 0 Å². The molecule has 2 aromatic rings. The van der Waals surface area contributed by atoms with Crippen LogP contribution in [0, 0.1) is 26.7 Å². The Bertz CT molecular complexity index is 961. The van der Waals surface area contributed by atoms with Crippen molar-refractivity contribution in [1.82, 2.24) is 4.31 Å². The molecule has 0 atom stereocenters. The van der Waals surface area contributed by atoms with Gasteiger partial charge in [-0.1, -0.05) is 47.5 Å². The van der Waals surface area contributed by atoms with Gasteiger partial charge in [0.15, 0.2) is 0 Å². The Balaban J connectivity index is 1.58. The number of hydrogen-bond donors (Lipinski definition) is 1. The van der Waals surface area contributed by atoms with E-state index in [0.29, 0.717) is 25.9 Å². The fourth-order valence-corrected chi connectivity index (χ4v) is 5.24. The number of rotatable bonds is 5. The zero-order valence-electron chi connectivity index (χ0n) is 16.7. The molecule has 2 aromatic carbocycles. The lowest BCUT2D eigenvalue weighted by atomic mass is 9.97. The largest absolute Gasteiger partial charge is 0.326 e. The van der Waals surface area contributed by atoms with Gasteiger partial charge >= 0.3 is 0 Å². The van der Waals surface area contributed by atoms with Gasteiger partial charge in [-0.3, -0.25) is 4.79 Å². The van der Waals surface area contributed by atoms with E-state index in [2.05, 4.69) is 5.32 Å². The zero-order valence-corrected chi connectivity index (χ0v) is 17.6. The van der Waals surface area contributed by atoms with Crippen LogP contribution in [0.25, 0.3) is 0 Å². The van der Waals surface area contributed by atoms with Crippen molar-refractivity contribution in [3.05, 3.63) is 64.7 Å². The number of carbonyl (C=O) groups is 1. The van der Waals surface area contributed by atoms with Crippen LogP contribution in [0.15, 0.2) is 42.5 Å². The van der Waals surface area contributed by atoms with Crippen molar-refractivity contribution in [2.45, 2.75) is 39.4 Å². The molecule has 1 N–H and O–H groups in total. The lowest BCUT2D eigenvalue weighted by Gasteiger charge is -2.30. The third kappa shape index (κ3) is 5.00. The van der Waals surface area contributed by atoms with Crippen LogP contribution in [-0.2, 0) is 20.6 Å². The quantitative estimate of drug-likeness (QED) is 0.830. The summed E-state index contributed by atoms with van der Waals surface area (Å²) in [4.78, 5) is 12.6. The number of piperidine rings is 1. The summed E-state index contributed by atoms with van der Waals surface area (Å²) in [5, 5.41) is 3.00. The smallest absolute Gasteiger partial charge is 0.227 e. The number of sulfonamides is 1. The van der Waals surface area contributed by atoms with Crippen LogP contribution in [-0.4, -0.2) is 31.7 Å². The molecule has 0 bridgehead atoms. The van der Waals surface area contributed by atoms with E-state index in [1.165, 1.54) is 4.31 Å². The van der Waals surface area contributed by atoms with Gasteiger partial charge in [-0.2, -0.15) is 0 Å². The maximum Gasteiger partial charge on any atom is 0.227 e. The minimum Gasteiger partial charge on any atom is -0.326 e. The summed E-state index contributed by atoms with van der Waals surface area (Å²) in [6.45, 7) is 6.73. The van der Waals surface area contributed by atoms with Gasteiger partial charge in [-0.25, -0.2) is 12.7 Å². The topological polar surface area (TPSA) is 66.5 Å². The first-order chi connectivity index (χ1) is 13.2. The van der Waals surface area contributed by atoms with Crippen molar-refractivity contribution in [2.24, 2.45) is 5.92 Å². The minimum atomic E-state index is -3.37. The number of benzene rings is 2. The molecule has 1 aliphatic rings. The number of carbonyl (C=O) groups excluding carboxylic acids is 1. The van der Waals surface area contributed by atoms with E-state index < -0.39 is 10.0 Å². The highest BCUT2D eigenvalue weighted by molar-refractivity contribution is 7.88. The number of anilines is 1. The molecular weight excluding hydrogens is 372 g/mol. The van der Waals surface area contributed by atoms with Crippen molar-refractivity contribution in [3.63, 3.8) is 0 Å². The van der Waals surface area contributed by atoms with E-state index in [1.54, 1.807) is 0 Å². The summed E-state index contributed by atoms with van der Waals surface area (Å²) in [6, 6.07) is 13.5. The maximum atomic E-state index is 12.7. The molecule has 1 saturated heterocycles. The Labute approximate surface area is 167 Å². The Kier molecular flexibility index (Phi) is 6.20. The molecule has 5 nitrogen and oxygen atoms in total. The normalized spacial score (nSPS) is 16.1. The molecule has 0 spiro atoms. The van der Waals surface area contributed by atoms with Gasteiger partial charge in [0.25, 0.3) is 0 Å². The summed E-state index contributed by atoms with van der Waals surface area (Å²) < 4.78 is 27.0. The molecule has 0 aliphatic carbocycles. The SMILES string of the molecule is Cc1cccc(CS(=O)(=O)N2CCC(C(=O)Nc3ccc(C)cc3C)CC2)c1. The number of hydrogen-bond acceptors (Lipinski definition) is 3. The second kappa shape index (κ2) is 8.45. The molecule has 0 saturated carbocycles. The molecule has 0 aromatic heterocycles. The van der Waals surface area contributed by atoms with Crippen molar-refractivity contribution in [3.8, 4) is 0 Å². The predicted octanol–water partition coefficient (Wildman–Crippen LogP) is 3.79. The average molecular weight is 401 g/mol. The van der Waals surface area contributed by atoms with Crippen LogP contribution < -0.4 is 5.32 Å². The van der Waals surface area contributed by atoms with Crippen LogP contribution in [0.5, 0.6) is 0 Å². The first-order valence-electron chi connectivity index (χ1n) is 9.66. The van der Waals surface area contributed by atoms with E-state index in [0.717, 1.165) is 27.9 Å². The molecule has 3 rings (SSSR count). The van der Waals surface area contributed by atoms with Gasteiger partial charge in [0, 0.05) is 24.7 Å². The summed E-state index contributed by atoms with van der Waals surface area (Å²) in [7, 11) is -3.37. The molecule has 1 heterocycles. The summed E-state index contributed by atoms with van der Waals surface area (Å²) >= 11 is 0. The Hall–Kier alpha value is -2.18. The first-order valence-corrected chi connectivity index (χ1v) is 11.3. The minimum absolute atomic E-state index is 0.00804. The molecule has 1 aliphatic heterocycles. The zero-order chi connectivity index (χ0) is 20.3. The van der Waals surface area contributed by atoms with Crippen LogP contribution in [0.3, 0.4) is 0 Å². The first kappa shape index (κ1) is 20.6. The molecule has 1 fully saturated rings.